The molecule has 0 saturated carbocycles. The quantitative estimate of drug-likeness (QED) is 0.799. The molecule has 0 unspecified atom stereocenters. The summed E-state index contributed by atoms with van der Waals surface area (Å²) < 4.78 is 5.16. The fourth-order valence-corrected chi connectivity index (χ4v) is 2.20. The number of methoxy groups -OCH3 is 1. The van der Waals surface area contributed by atoms with Gasteiger partial charge in [-0.15, -0.1) is 0 Å². The molecule has 0 spiro atoms. The molecule has 0 radical (unpaired) electrons. The van der Waals surface area contributed by atoms with Crippen molar-refractivity contribution in [1.29, 1.82) is 0 Å². The number of aromatic amines is 1. The number of pyridine rings is 1. The third-order valence-electron chi connectivity index (χ3n) is 3.37. The molecule has 3 rings (SSSR count). The number of nitrogens with zero attached hydrogens (tertiary/aromatic N) is 3. The van der Waals surface area contributed by atoms with E-state index in [1.807, 2.05) is 55.4 Å². The normalized spacial score (nSPS) is 10.8. The number of anilines is 1. The van der Waals surface area contributed by atoms with Crippen molar-refractivity contribution in [3.05, 3.63) is 47.8 Å². The second kappa shape index (κ2) is 5.44. The van der Waals surface area contributed by atoms with Crippen LogP contribution in [0, 0.1) is 0 Å². The number of aromatic nitrogens is 3. The molecule has 0 fully saturated rings. The van der Waals surface area contributed by atoms with Crippen LogP contribution in [0.3, 0.4) is 0 Å². The summed E-state index contributed by atoms with van der Waals surface area (Å²) in [4.78, 5) is 14.4. The maximum absolute atomic E-state index is 5.16. The second-order valence-corrected chi connectivity index (χ2v) is 5.14. The Kier molecular flexibility index (Phi) is 3.48. The minimum absolute atomic E-state index is 0.748. The molecule has 0 amide bonds. The average molecular weight is 282 g/mol. The van der Waals surface area contributed by atoms with Crippen LogP contribution in [0.1, 0.15) is 11.4 Å². The smallest absolute Gasteiger partial charge is 0.179 e. The zero-order valence-electron chi connectivity index (χ0n) is 12.4. The molecule has 3 aromatic rings. The number of nitrogens with one attached hydrogen (secondary N) is 1. The van der Waals surface area contributed by atoms with Crippen LogP contribution in [0.15, 0.2) is 36.4 Å². The van der Waals surface area contributed by atoms with Gasteiger partial charge >= 0.3 is 0 Å². The van der Waals surface area contributed by atoms with Crippen molar-refractivity contribution in [3.63, 3.8) is 0 Å². The van der Waals surface area contributed by atoms with Crippen molar-refractivity contribution in [1.82, 2.24) is 15.0 Å². The highest BCUT2D eigenvalue weighted by atomic mass is 16.5. The molecule has 2 aromatic heterocycles. The molecule has 0 aliphatic heterocycles. The van der Waals surface area contributed by atoms with Gasteiger partial charge in [0.2, 0.25) is 0 Å². The van der Waals surface area contributed by atoms with E-state index < -0.39 is 0 Å². The van der Waals surface area contributed by atoms with Gasteiger partial charge in [-0.2, -0.15) is 0 Å². The Labute approximate surface area is 123 Å². The largest absolute Gasteiger partial charge is 0.497 e. The van der Waals surface area contributed by atoms with Crippen LogP contribution in [-0.2, 0) is 6.42 Å². The van der Waals surface area contributed by atoms with E-state index in [0.717, 1.165) is 35.0 Å². The van der Waals surface area contributed by atoms with E-state index in [1.165, 1.54) is 5.56 Å². The van der Waals surface area contributed by atoms with Crippen LogP contribution in [0.4, 0.5) is 5.82 Å². The lowest BCUT2D eigenvalue weighted by Crippen LogP contribution is -2.10. The van der Waals surface area contributed by atoms with Gasteiger partial charge in [-0.1, -0.05) is 12.1 Å². The van der Waals surface area contributed by atoms with E-state index in [-0.39, 0.29) is 0 Å². The molecule has 0 aliphatic carbocycles. The van der Waals surface area contributed by atoms with Gasteiger partial charge in [0.25, 0.3) is 0 Å². The first-order chi connectivity index (χ1) is 10.2. The number of fused-ring (bicyclic) bond motifs is 1. The summed E-state index contributed by atoms with van der Waals surface area (Å²) in [5, 5.41) is 0. The fourth-order valence-electron chi connectivity index (χ4n) is 2.20. The zero-order valence-corrected chi connectivity index (χ0v) is 12.4. The summed E-state index contributed by atoms with van der Waals surface area (Å²) in [6, 6.07) is 12.0. The highest BCUT2D eigenvalue weighted by Crippen LogP contribution is 2.17. The number of imidazole rings is 1. The molecular weight excluding hydrogens is 264 g/mol. The monoisotopic (exact) mass is 282 g/mol. The Bertz CT molecular complexity index is 747. The molecular formula is C16H18N4O. The number of hydrogen-bond acceptors (Lipinski definition) is 4. The van der Waals surface area contributed by atoms with Crippen LogP contribution < -0.4 is 9.64 Å². The van der Waals surface area contributed by atoms with Crippen LogP contribution in [0.2, 0.25) is 0 Å². The lowest BCUT2D eigenvalue weighted by atomic mass is 10.1. The van der Waals surface area contributed by atoms with Crippen LogP contribution in [-0.4, -0.2) is 36.2 Å². The lowest BCUT2D eigenvalue weighted by molar-refractivity contribution is 0.414. The topological polar surface area (TPSA) is 54.0 Å². The molecule has 0 aliphatic rings. The minimum Gasteiger partial charge on any atom is -0.497 e. The summed E-state index contributed by atoms with van der Waals surface area (Å²) in [6.45, 7) is 0. The first-order valence-electron chi connectivity index (χ1n) is 6.81. The third kappa shape index (κ3) is 2.81. The van der Waals surface area contributed by atoms with Crippen LogP contribution in [0.25, 0.3) is 11.2 Å². The zero-order chi connectivity index (χ0) is 14.8. The predicted molar refractivity (Wildman–Crippen MR) is 84.0 cm³/mol. The first-order valence-corrected chi connectivity index (χ1v) is 6.81. The second-order valence-electron chi connectivity index (χ2n) is 5.14. The van der Waals surface area contributed by atoms with Crippen molar-refractivity contribution in [2.75, 3.05) is 26.1 Å². The van der Waals surface area contributed by atoms with Gasteiger partial charge in [0.15, 0.2) is 5.65 Å². The highest BCUT2D eigenvalue weighted by Gasteiger charge is 2.07. The Morgan fingerprint density at radius 3 is 2.48 bits per heavy atom. The van der Waals surface area contributed by atoms with E-state index in [1.54, 1.807) is 7.11 Å². The number of benzene rings is 1. The number of ether oxygens (including phenoxy) is 1. The SMILES string of the molecule is COc1ccc(Cc2nc3nc(N(C)C)ccc3[nH]2)cc1. The van der Waals surface area contributed by atoms with Gasteiger partial charge < -0.3 is 14.6 Å². The predicted octanol–water partition coefficient (Wildman–Crippen LogP) is 2.62. The van der Waals surface area contributed by atoms with Crippen molar-refractivity contribution < 1.29 is 4.74 Å². The first kappa shape index (κ1) is 13.4. The van der Waals surface area contributed by atoms with Gasteiger partial charge in [0.05, 0.1) is 12.6 Å². The number of H-pyrrole nitrogens is 1. The van der Waals surface area contributed by atoms with Crippen LogP contribution >= 0.6 is 0 Å². The highest BCUT2D eigenvalue weighted by molar-refractivity contribution is 5.73. The Balaban J connectivity index is 1.86. The van der Waals surface area contributed by atoms with Crippen molar-refractivity contribution in [3.8, 4) is 5.75 Å². The lowest BCUT2D eigenvalue weighted by Gasteiger charge is -2.09. The molecule has 1 aromatic carbocycles. The molecule has 2 heterocycles. The average Bonchev–Trinajstić information content (AvgIpc) is 2.89. The minimum atomic E-state index is 0.748. The van der Waals surface area contributed by atoms with E-state index in [9.17, 15) is 0 Å². The molecule has 5 heteroatoms. The maximum atomic E-state index is 5.16. The van der Waals surface area contributed by atoms with Crippen LogP contribution in [0.5, 0.6) is 5.75 Å². The van der Waals surface area contributed by atoms with E-state index in [4.69, 9.17) is 4.74 Å². The molecule has 0 saturated heterocycles. The Hall–Kier alpha value is -2.56. The Morgan fingerprint density at radius 1 is 1.05 bits per heavy atom. The molecule has 0 atom stereocenters. The molecule has 1 N–H and O–H groups in total. The van der Waals surface area contributed by atoms with Gasteiger partial charge in [-0.3, -0.25) is 0 Å². The summed E-state index contributed by atoms with van der Waals surface area (Å²) in [6.07, 6.45) is 0.748. The van der Waals surface area contributed by atoms with Gasteiger partial charge in [0, 0.05) is 20.5 Å². The molecule has 21 heavy (non-hydrogen) atoms. The maximum Gasteiger partial charge on any atom is 0.179 e. The van der Waals surface area contributed by atoms with Gasteiger partial charge in [-0.05, 0) is 29.8 Å². The summed E-state index contributed by atoms with van der Waals surface area (Å²) in [5.74, 6) is 2.68. The number of rotatable bonds is 4. The third-order valence-corrected chi connectivity index (χ3v) is 3.37. The Morgan fingerprint density at radius 2 is 1.81 bits per heavy atom. The van der Waals surface area contributed by atoms with E-state index in [2.05, 4.69) is 15.0 Å². The number of hydrogen-bond donors (Lipinski definition) is 1. The molecule has 108 valence electrons. The van der Waals surface area contributed by atoms with Gasteiger partial charge in [0.1, 0.15) is 17.4 Å². The van der Waals surface area contributed by atoms with Gasteiger partial charge in [-0.25, -0.2) is 9.97 Å². The summed E-state index contributed by atoms with van der Waals surface area (Å²) in [7, 11) is 5.61. The standard InChI is InChI=1S/C16H18N4O/c1-20(2)15-9-8-13-16(19-15)18-14(17-13)10-11-4-6-12(21-3)7-5-11/h4-9H,10H2,1-3H3,(H,17,18,19). The fraction of sp³-hybridized carbons (Fsp3) is 0.250. The van der Waals surface area contributed by atoms with E-state index >= 15 is 0 Å². The van der Waals surface area contributed by atoms with Crippen molar-refractivity contribution >= 4 is 17.0 Å². The van der Waals surface area contributed by atoms with E-state index in [0.29, 0.717) is 0 Å². The summed E-state index contributed by atoms with van der Waals surface area (Å²) >= 11 is 0. The summed E-state index contributed by atoms with van der Waals surface area (Å²) in [5.41, 5.74) is 2.90. The molecule has 5 nitrogen and oxygen atoms in total. The van der Waals surface area contributed by atoms with Crippen molar-refractivity contribution in [2.45, 2.75) is 6.42 Å². The molecule has 0 bridgehead atoms. The van der Waals surface area contributed by atoms with Crippen molar-refractivity contribution in [2.24, 2.45) is 0 Å².